The van der Waals surface area contributed by atoms with Gasteiger partial charge in [-0.2, -0.15) is 0 Å². The fraction of sp³-hybridized carbons (Fsp3) is 0.235. The van der Waals surface area contributed by atoms with E-state index in [0.717, 1.165) is 16.8 Å². The highest BCUT2D eigenvalue weighted by atomic mass is 16.5. The molecule has 2 heterocycles. The summed E-state index contributed by atoms with van der Waals surface area (Å²) < 4.78 is 10.8. The number of fused-ring (bicyclic) bond motifs is 1. The molecule has 6 heteroatoms. The molecule has 0 bridgehead atoms. The monoisotopic (exact) mass is 311 g/mol. The van der Waals surface area contributed by atoms with Crippen LogP contribution in [0, 0.1) is 6.92 Å². The number of hydrogen-bond acceptors (Lipinski definition) is 5. The van der Waals surface area contributed by atoms with Crippen molar-refractivity contribution in [2.45, 2.75) is 13.3 Å². The molecule has 0 radical (unpaired) electrons. The summed E-state index contributed by atoms with van der Waals surface area (Å²) in [7, 11) is 1.52. The lowest BCUT2D eigenvalue weighted by atomic mass is 10.2. The van der Waals surface area contributed by atoms with Gasteiger partial charge in [0.1, 0.15) is 11.3 Å². The maximum atomic E-state index is 12.3. The lowest BCUT2D eigenvalue weighted by Gasteiger charge is -2.09. The van der Waals surface area contributed by atoms with Crippen molar-refractivity contribution in [2.75, 3.05) is 13.7 Å². The minimum Gasteiger partial charge on any atom is -0.494 e. The molecular weight excluding hydrogens is 294 g/mol. The minimum absolute atomic E-state index is 0.205. The van der Waals surface area contributed by atoms with Crippen molar-refractivity contribution in [1.82, 2.24) is 15.3 Å². The maximum Gasteiger partial charge on any atom is 0.255 e. The van der Waals surface area contributed by atoms with E-state index in [9.17, 15) is 4.79 Å². The smallest absolute Gasteiger partial charge is 0.255 e. The van der Waals surface area contributed by atoms with Gasteiger partial charge in [0.2, 0.25) is 0 Å². The standard InChI is InChI=1S/C17H17N3O3/c1-11-9-12(15(22-2)10-19-11)17(21)18-8-7-16-20-13-5-3-4-6-14(13)23-16/h3-6,9-10H,7-8H2,1-2H3,(H,18,21). The molecule has 2 aromatic heterocycles. The van der Waals surface area contributed by atoms with Crippen LogP contribution < -0.4 is 10.1 Å². The van der Waals surface area contributed by atoms with E-state index in [0.29, 0.717) is 30.2 Å². The zero-order valence-corrected chi connectivity index (χ0v) is 13.0. The lowest BCUT2D eigenvalue weighted by Crippen LogP contribution is -2.26. The number of pyridine rings is 1. The fourth-order valence-corrected chi connectivity index (χ4v) is 2.29. The normalized spacial score (nSPS) is 10.7. The molecule has 0 atom stereocenters. The van der Waals surface area contributed by atoms with Gasteiger partial charge in [-0.25, -0.2) is 4.98 Å². The number of rotatable bonds is 5. The molecule has 1 N–H and O–H groups in total. The second-order valence-electron chi connectivity index (χ2n) is 5.11. The second-order valence-corrected chi connectivity index (χ2v) is 5.11. The predicted molar refractivity (Wildman–Crippen MR) is 85.6 cm³/mol. The molecule has 23 heavy (non-hydrogen) atoms. The number of hydrogen-bond donors (Lipinski definition) is 1. The van der Waals surface area contributed by atoms with Gasteiger partial charge in [-0.15, -0.1) is 0 Å². The number of nitrogens with one attached hydrogen (secondary N) is 1. The van der Waals surface area contributed by atoms with Gasteiger partial charge in [-0.05, 0) is 25.1 Å². The Morgan fingerprint density at radius 1 is 1.35 bits per heavy atom. The van der Waals surface area contributed by atoms with E-state index in [-0.39, 0.29) is 5.91 Å². The molecule has 1 aromatic carbocycles. The number of methoxy groups -OCH3 is 1. The lowest BCUT2D eigenvalue weighted by molar-refractivity contribution is 0.0950. The van der Waals surface area contributed by atoms with Crippen LogP contribution in [0.1, 0.15) is 21.9 Å². The minimum atomic E-state index is -0.205. The van der Waals surface area contributed by atoms with Crippen LogP contribution in [-0.4, -0.2) is 29.5 Å². The van der Waals surface area contributed by atoms with Crippen molar-refractivity contribution < 1.29 is 13.9 Å². The van der Waals surface area contributed by atoms with Gasteiger partial charge in [0.15, 0.2) is 11.5 Å². The van der Waals surface area contributed by atoms with Crippen LogP contribution in [0.3, 0.4) is 0 Å². The van der Waals surface area contributed by atoms with Gasteiger partial charge >= 0.3 is 0 Å². The van der Waals surface area contributed by atoms with E-state index in [4.69, 9.17) is 9.15 Å². The Labute approximate surface area is 133 Å². The van der Waals surface area contributed by atoms with Crippen molar-refractivity contribution >= 4 is 17.0 Å². The van der Waals surface area contributed by atoms with E-state index in [1.54, 1.807) is 12.3 Å². The number of carbonyl (C=O) groups excluding carboxylic acids is 1. The van der Waals surface area contributed by atoms with Gasteiger partial charge in [0.25, 0.3) is 5.91 Å². The predicted octanol–water partition coefficient (Wildman–Crippen LogP) is 2.51. The van der Waals surface area contributed by atoms with Crippen LogP contribution in [0.15, 0.2) is 40.9 Å². The summed E-state index contributed by atoms with van der Waals surface area (Å²) in [5, 5.41) is 2.85. The summed E-state index contributed by atoms with van der Waals surface area (Å²) >= 11 is 0. The van der Waals surface area contributed by atoms with Crippen LogP contribution in [0.2, 0.25) is 0 Å². The number of carbonyl (C=O) groups is 1. The molecule has 0 aliphatic heterocycles. The average molecular weight is 311 g/mol. The summed E-state index contributed by atoms with van der Waals surface area (Å²) in [4.78, 5) is 20.8. The Balaban J connectivity index is 1.64. The molecule has 0 spiro atoms. The average Bonchev–Trinajstić information content (AvgIpc) is 2.97. The van der Waals surface area contributed by atoms with E-state index in [1.807, 2.05) is 31.2 Å². The highest BCUT2D eigenvalue weighted by molar-refractivity contribution is 5.96. The first-order valence-electron chi connectivity index (χ1n) is 7.30. The first-order valence-corrected chi connectivity index (χ1v) is 7.30. The molecule has 1 amide bonds. The van der Waals surface area contributed by atoms with E-state index >= 15 is 0 Å². The summed E-state index contributed by atoms with van der Waals surface area (Å²) in [6, 6.07) is 9.28. The van der Waals surface area contributed by atoms with Crippen LogP contribution in [0.4, 0.5) is 0 Å². The largest absolute Gasteiger partial charge is 0.494 e. The highest BCUT2D eigenvalue weighted by Gasteiger charge is 2.13. The topological polar surface area (TPSA) is 77.2 Å². The Morgan fingerprint density at radius 2 is 2.17 bits per heavy atom. The first-order chi connectivity index (χ1) is 11.2. The summed E-state index contributed by atoms with van der Waals surface area (Å²) in [5.41, 5.74) is 2.80. The molecule has 0 unspecified atom stereocenters. The van der Waals surface area contributed by atoms with Crippen molar-refractivity contribution in [3.8, 4) is 5.75 Å². The fourth-order valence-electron chi connectivity index (χ4n) is 2.29. The number of nitrogens with zero attached hydrogens (tertiary/aromatic N) is 2. The SMILES string of the molecule is COc1cnc(C)cc1C(=O)NCCc1nc2ccccc2o1. The molecule has 118 valence electrons. The van der Waals surface area contributed by atoms with E-state index < -0.39 is 0 Å². The third-order valence-electron chi connectivity index (χ3n) is 3.43. The molecule has 0 saturated heterocycles. The first kappa shape index (κ1) is 15.0. The van der Waals surface area contributed by atoms with Gasteiger partial charge < -0.3 is 14.5 Å². The number of para-hydroxylation sites is 2. The molecule has 0 aliphatic carbocycles. The Hall–Kier alpha value is -2.89. The van der Waals surface area contributed by atoms with Crippen LogP contribution in [0.25, 0.3) is 11.1 Å². The third-order valence-corrected chi connectivity index (χ3v) is 3.43. The number of oxazole rings is 1. The Morgan fingerprint density at radius 3 is 2.96 bits per heavy atom. The van der Waals surface area contributed by atoms with Gasteiger partial charge in [-0.1, -0.05) is 12.1 Å². The molecule has 3 rings (SSSR count). The van der Waals surface area contributed by atoms with Gasteiger partial charge in [0, 0.05) is 18.7 Å². The summed E-state index contributed by atoms with van der Waals surface area (Å²) in [5.74, 6) is 0.850. The third kappa shape index (κ3) is 3.31. The zero-order valence-electron chi connectivity index (χ0n) is 13.0. The van der Waals surface area contributed by atoms with Gasteiger partial charge in [0.05, 0.1) is 18.9 Å². The van der Waals surface area contributed by atoms with Crippen LogP contribution in [-0.2, 0) is 6.42 Å². The van der Waals surface area contributed by atoms with Crippen LogP contribution >= 0.6 is 0 Å². The zero-order chi connectivity index (χ0) is 16.2. The summed E-state index contributed by atoms with van der Waals surface area (Å²) in [6.45, 7) is 2.25. The number of amides is 1. The molecule has 0 aliphatic rings. The van der Waals surface area contributed by atoms with E-state index in [1.165, 1.54) is 7.11 Å². The number of benzene rings is 1. The van der Waals surface area contributed by atoms with Crippen LogP contribution in [0.5, 0.6) is 5.75 Å². The highest BCUT2D eigenvalue weighted by Crippen LogP contribution is 2.18. The van der Waals surface area contributed by atoms with Crippen molar-refractivity contribution in [1.29, 1.82) is 0 Å². The number of aromatic nitrogens is 2. The molecule has 0 fully saturated rings. The Bertz CT molecular complexity index is 809. The molecule has 3 aromatic rings. The quantitative estimate of drug-likeness (QED) is 0.783. The molecular formula is C17H17N3O3. The number of ether oxygens (including phenoxy) is 1. The van der Waals surface area contributed by atoms with E-state index in [2.05, 4.69) is 15.3 Å². The number of aryl methyl sites for hydroxylation is 1. The Kier molecular flexibility index (Phi) is 4.23. The summed E-state index contributed by atoms with van der Waals surface area (Å²) in [6.07, 6.45) is 2.07. The maximum absolute atomic E-state index is 12.3. The van der Waals surface area contributed by atoms with Gasteiger partial charge in [-0.3, -0.25) is 9.78 Å². The second kappa shape index (κ2) is 6.48. The van der Waals surface area contributed by atoms with Crippen molar-refractivity contribution in [3.63, 3.8) is 0 Å². The molecule has 6 nitrogen and oxygen atoms in total. The molecule has 0 saturated carbocycles. The van der Waals surface area contributed by atoms with Crippen molar-refractivity contribution in [3.05, 3.63) is 53.7 Å². The van der Waals surface area contributed by atoms with Crippen molar-refractivity contribution in [2.24, 2.45) is 0 Å².